The normalized spacial score (nSPS) is 12.7. The number of hydrogen-bond acceptors (Lipinski definition) is 4. The highest BCUT2D eigenvalue weighted by Gasteiger charge is 2.24. The molecule has 5 nitrogen and oxygen atoms in total. The third-order valence-corrected chi connectivity index (χ3v) is 5.06. The van der Waals surface area contributed by atoms with Crippen molar-refractivity contribution >= 4 is 37.9 Å². The Morgan fingerprint density at radius 3 is 2.94 bits per heavy atom. The van der Waals surface area contributed by atoms with E-state index in [4.69, 9.17) is 11.6 Å². The number of fused-ring (bicyclic) bond motifs is 1. The molecule has 18 heavy (non-hydrogen) atoms. The molecule has 0 spiro atoms. The first-order valence-electron chi connectivity index (χ1n) is 5.52. The van der Waals surface area contributed by atoms with Crippen LogP contribution in [0.1, 0.15) is 20.3 Å². The van der Waals surface area contributed by atoms with Crippen LogP contribution in [0.4, 0.5) is 0 Å². The Bertz CT molecular complexity index is 645. The van der Waals surface area contributed by atoms with Crippen LogP contribution in [0.25, 0.3) is 4.96 Å². The maximum atomic E-state index is 12.2. The summed E-state index contributed by atoms with van der Waals surface area (Å²) in [6.45, 7) is 4.47. The van der Waals surface area contributed by atoms with Gasteiger partial charge in [0, 0.05) is 18.1 Å². The molecule has 0 fully saturated rings. The molecule has 0 atom stereocenters. The highest BCUT2D eigenvalue weighted by Crippen LogP contribution is 2.25. The van der Waals surface area contributed by atoms with Crippen molar-refractivity contribution < 1.29 is 8.42 Å². The molecule has 2 aromatic heterocycles. The van der Waals surface area contributed by atoms with Crippen molar-refractivity contribution in [2.45, 2.75) is 25.3 Å². The van der Waals surface area contributed by atoms with Crippen molar-refractivity contribution in [2.24, 2.45) is 5.92 Å². The molecule has 100 valence electrons. The molecule has 8 heteroatoms. The average molecular weight is 308 g/mol. The first kappa shape index (κ1) is 13.8. The van der Waals surface area contributed by atoms with E-state index in [0.29, 0.717) is 17.4 Å². The molecule has 0 saturated heterocycles. The number of hydrogen-bond donors (Lipinski definition) is 1. The zero-order valence-corrected chi connectivity index (χ0v) is 12.4. The molecule has 0 bridgehead atoms. The maximum Gasteiger partial charge on any atom is 0.259 e. The van der Waals surface area contributed by atoms with Gasteiger partial charge < -0.3 is 0 Å². The van der Waals surface area contributed by atoms with Crippen molar-refractivity contribution in [3.8, 4) is 0 Å². The summed E-state index contributed by atoms with van der Waals surface area (Å²) in [5.41, 5.74) is 0. The van der Waals surface area contributed by atoms with Crippen molar-refractivity contribution in [2.75, 3.05) is 6.54 Å². The number of nitrogens with one attached hydrogen (secondary N) is 1. The van der Waals surface area contributed by atoms with Crippen molar-refractivity contribution in [3.05, 3.63) is 16.7 Å². The SMILES string of the molecule is CC(C)CCNS(=O)(=O)c1c(Cl)nc2sccn12. The van der Waals surface area contributed by atoms with Gasteiger partial charge >= 0.3 is 0 Å². The van der Waals surface area contributed by atoms with E-state index in [2.05, 4.69) is 9.71 Å². The number of nitrogens with zero attached hydrogens (tertiary/aromatic N) is 2. The van der Waals surface area contributed by atoms with Crippen LogP contribution in [-0.4, -0.2) is 24.3 Å². The predicted octanol–water partition coefficient (Wildman–Crippen LogP) is 2.37. The molecular weight excluding hydrogens is 294 g/mol. The highest BCUT2D eigenvalue weighted by atomic mass is 35.5. The summed E-state index contributed by atoms with van der Waals surface area (Å²) in [5, 5.41) is 1.80. The van der Waals surface area contributed by atoms with E-state index in [1.165, 1.54) is 15.7 Å². The predicted molar refractivity (Wildman–Crippen MR) is 72.7 cm³/mol. The number of rotatable bonds is 5. The van der Waals surface area contributed by atoms with E-state index in [9.17, 15) is 8.42 Å². The van der Waals surface area contributed by atoms with E-state index in [1.54, 1.807) is 11.6 Å². The molecule has 2 aromatic rings. The van der Waals surface area contributed by atoms with Gasteiger partial charge in [-0.15, -0.1) is 11.3 Å². The number of sulfonamides is 1. The fourth-order valence-corrected chi connectivity index (χ4v) is 4.02. The van der Waals surface area contributed by atoms with Crippen LogP contribution in [-0.2, 0) is 10.0 Å². The number of thiazole rings is 1. The summed E-state index contributed by atoms with van der Waals surface area (Å²) in [6, 6.07) is 0. The molecule has 0 unspecified atom stereocenters. The van der Waals surface area contributed by atoms with E-state index >= 15 is 0 Å². The Hall–Kier alpha value is -0.630. The summed E-state index contributed by atoms with van der Waals surface area (Å²) in [5.74, 6) is 0.440. The molecule has 0 aromatic carbocycles. The third kappa shape index (κ3) is 2.69. The van der Waals surface area contributed by atoms with Gasteiger partial charge in [0.1, 0.15) is 0 Å². The fraction of sp³-hybridized carbons (Fsp3) is 0.500. The van der Waals surface area contributed by atoms with Gasteiger partial charge in [-0.25, -0.2) is 18.1 Å². The van der Waals surface area contributed by atoms with Crippen molar-refractivity contribution in [3.63, 3.8) is 0 Å². The maximum absolute atomic E-state index is 12.2. The summed E-state index contributed by atoms with van der Waals surface area (Å²) < 4.78 is 28.3. The zero-order chi connectivity index (χ0) is 13.3. The second-order valence-electron chi connectivity index (χ2n) is 4.34. The minimum atomic E-state index is -3.61. The molecule has 0 saturated carbocycles. The van der Waals surface area contributed by atoms with Crippen molar-refractivity contribution in [1.82, 2.24) is 14.1 Å². The van der Waals surface area contributed by atoms with E-state index < -0.39 is 10.0 Å². The van der Waals surface area contributed by atoms with Crippen LogP contribution in [0.5, 0.6) is 0 Å². The van der Waals surface area contributed by atoms with Crippen LogP contribution in [0.15, 0.2) is 16.6 Å². The number of halogens is 1. The van der Waals surface area contributed by atoms with Crippen LogP contribution < -0.4 is 4.72 Å². The first-order chi connectivity index (χ1) is 8.42. The van der Waals surface area contributed by atoms with Gasteiger partial charge in [-0.2, -0.15) is 0 Å². The molecule has 0 aliphatic heterocycles. The van der Waals surface area contributed by atoms with Gasteiger partial charge in [0.2, 0.25) is 0 Å². The largest absolute Gasteiger partial charge is 0.279 e. The third-order valence-electron chi connectivity index (χ3n) is 2.45. The van der Waals surface area contributed by atoms with Crippen LogP contribution in [0, 0.1) is 5.92 Å². The van der Waals surface area contributed by atoms with Crippen LogP contribution >= 0.6 is 22.9 Å². The Morgan fingerprint density at radius 2 is 2.28 bits per heavy atom. The van der Waals surface area contributed by atoms with Gasteiger partial charge in [-0.05, 0) is 12.3 Å². The fourth-order valence-electron chi connectivity index (χ4n) is 1.53. The molecule has 2 rings (SSSR count). The average Bonchev–Trinajstić information content (AvgIpc) is 2.74. The number of aromatic nitrogens is 2. The minimum Gasteiger partial charge on any atom is -0.279 e. The topological polar surface area (TPSA) is 63.5 Å². The molecule has 0 aliphatic rings. The smallest absolute Gasteiger partial charge is 0.259 e. The number of imidazole rings is 1. The Morgan fingerprint density at radius 1 is 1.56 bits per heavy atom. The minimum absolute atomic E-state index is 0.0129. The molecule has 1 N–H and O–H groups in total. The standard InChI is InChI=1S/C10H14ClN3O2S2/c1-7(2)3-4-12-18(15,16)9-8(11)13-10-14(9)5-6-17-10/h5-7,12H,3-4H2,1-2H3. The van der Waals surface area contributed by atoms with Gasteiger partial charge in [-0.1, -0.05) is 25.4 Å². The van der Waals surface area contributed by atoms with Crippen molar-refractivity contribution in [1.29, 1.82) is 0 Å². The summed E-state index contributed by atoms with van der Waals surface area (Å²) in [6.07, 6.45) is 2.43. The lowest BCUT2D eigenvalue weighted by Gasteiger charge is -2.07. The zero-order valence-electron chi connectivity index (χ0n) is 10.1. The monoisotopic (exact) mass is 307 g/mol. The second-order valence-corrected chi connectivity index (χ2v) is 7.26. The Labute approximate surface area is 115 Å². The lowest BCUT2D eigenvalue weighted by molar-refractivity contribution is 0.549. The van der Waals surface area contributed by atoms with Crippen LogP contribution in [0.3, 0.4) is 0 Å². The highest BCUT2D eigenvalue weighted by molar-refractivity contribution is 7.89. The van der Waals surface area contributed by atoms with E-state index in [-0.39, 0.29) is 10.2 Å². The molecule has 2 heterocycles. The van der Waals surface area contributed by atoms with Crippen LogP contribution in [0.2, 0.25) is 5.15 Å². The van der Waals surface area contributed by atoms with Gasteiger partial charge in [0.25, 0.3) is 10.0 Å². The van der Waals surface area contributed by atoms with E-state index in [0.717, 1.165) is 6.42 Å². The summed E-state index contributed by atoms with van der Waals surface area (Å²) >= 11 is 7.23. The summed E-state index contributed by atoms with van der Waals surface area (Å²) in [4.78, 5) is 4.58. The Balaban J connectivity index is 2.29. The Kier molecular flexibility index (Phi) is 3.96. The first-order valence-corrected chi connectivity index (χ1v) is 8.26. The molecular formula is C10H14ClN3O2S2. The lowest BCUT2D eigenvalue weighted by atomic mass is 10.1. The van der Waals surface area contributed by atoms with Gasteiger partial charge in [0.05, 0.1) is 0 Å². The summed E-state index contributed by atoms with van der Waals surface area (Å²) in [7, 11) is -3.61. The quantitative estimate of drug-likeness (QED) is 0.922. The molecule has 0 amide bonds. The van der Waals surface area contributed by atoms with Gasteiger partial charge in [-0.3, -0.25) is 4.40 Å². The van der Waals surface area contributed by atoms with Gasteiger partial charge in [0.15, 0.2) is 15.1 Å². The lowest BCUT2D eigenvalue weighted by Crippen LogP contribution is -2.26. The molecule has 0 radical (unpaired) electrons. The molecule has 0 aliphatic carbocycles. The van der Waals surface area contributed by atoms with E-state index in [1.807, 2.05) is 13.8 Å². The second kappa shape index (κ2) is 5.16.